The average molecular weight is 506 g/mol. The molecule has 0 unspecified atom stereocenters. The van der Waals surface area contributed by atoms with Gasteiger partial charge < -0.3 is 10.6 Å². The van der Waals surface area contributed by atoms with Crippen LogP contribution in [0.25, 0.3) is 0 Å². The second-order valence-electron chi connectivity index (χ2n) is 5.87. The predicted octanol–water partition coefficient (Wildman–Crippen LogP) is 1.51. The number of nitrogens with one attached hydrogen (secondary N) is 2. The molecule has 2 aromatic rings. The Kier molecular flexibility index (Phi) is 9.74. The van der Waals surface area contributed by atoms with Crippen molar-refractivity contribution >= 4 is 40.0 Å². The van der Waals surface area contributed by atoms with E-state index in [1.807, 2.05) is 23.0 Å². The normalized spacial score (nSPS) is 11.9. The van der Waals surface area contributed by atoms with Crippen LogP contribution in [-0.2, 0) is 23.1 Å². The molecule has 0 aliphatic heterocycles. The molecule has 1 aromatic heterocycles. The lowest BCUT2D eigenvalue weighted by Crippen LogP contribution is -2.38. The van der Waals surface area contributed by atoms with E-state index in [0.717, 1.165) is 19.5 Å². The number of aryl methyl sites for hydroxylation is 1. The summed E-state index contributed by atoms with van der Waals surface area (Å²) in [6, 6.07) is 8.86. The summed E-state index contributed by atoms with van der Waals surface area (Å²) in [4.78, 5) is 4.47. The van der Waals surface area contributed by atoms with Crippen molar-refractivity contribution in [3.05, 3.63) is 48.3 Å². The summed E-state index contributed by atoms with van der Waals surface area (Å²) < 4.78 is 28.0. The highest BCUT2D eigenvalue weighted by Crippen LogP contribution is 2.18. The smallest absolute Gasteiger partial charge is 0.242 e. The molecule has 2 rings (SSSR count). The highest BCUT2D eigenvalue weighted by atomic mass is 127. The zero-order valence-electron chi connectivity index (χ0n) is 15.8. The first-order valence-corrected chi connectivity index (χ1v) is 9.81. The van der Waals surface area contributed by atoms with Crippen molar-refractivity contribution in [2.24, 2.45) is 4.99 Å². The van der Waals surface area contributed by atoms with Crippen molar-refractivity contribution in [2.45, 2.75) is 24.4 Å². The van der Waals surface area contributed by atoms with Gasteiger partial charge in [-0.15, -0.1) is 24.0 Å². The van der Waals surface area contributed by atoms with Gasteiger partial charge in [0.2, 0.25) is 10.0 Å². The van der Waals surface area contributed by atoms with Crippen LogP contribution in [0.3, 0.4) is 0 Å². The molecule has 10 heteroatoms. The number of rotatable bonds is 8. The molecule has 27 heavy (non-hydrogen) atoms. The van der Waals surface area contributed by atoms with Crippen molar-refractivity contribution in [3.63, 3.8) is 0 Å². The van der Waals surface area contributed by atoms with Gasteiger partial charge in [-0.25, -0.2) is 12.7 Å². The van der Waals surface area contributed by atoms with E-state index in [4.69, 9.17) is 0 Å². The Morgan fingerprint density at radius 2 is 1.96 bits per heavy atom. The molecule has 0 saturated heterocycles. The third-order valence-electron chi connectivity index (χ3n) is 3.82. The maximum atomic E-state index is 12.4. The molecular formula is C17H27IN6O2S. The van der Waals surface area contributed by atoms with Crippen LogP contribution in [0, 0.1) is 0 Å². The maximum Gasteiger partial charge on any atom is 0.242 e. The minimum atomic E-state index is -3.48. The van der Waals surface area contributed by atoms with Gasteiger partial charge in [-0.3, -0.25) is 9.67 Å². The topological polar surface area (TPSA) is 91.6 Å². The van der Waals surface area contributed by atoms with Gasteiger partial charge in [0.1, 0.15) is 0 Å². The molecular weight excluding hydrogens is 479 g/mol. The van der Waals surface area contributed by atoms with Crippen molar-refractivity contribution in [1.29, 1.82) is 0 Å². The zero-order valence-corrected chi connectivity index (χ0v) is 18.9. The molecule has 0 saturated carbocycles. The summed E-state index contributed by atoms with van der Waals surface area (Å²) in [5.74, 6) is 0.627. The quantitative estimate of drug-likeness (QED) is 0.245. The van der Waals surface area contributed by atoms with E-state index in [1.165, 1.54) is 18.4 Å². The van der Waals surface area contributed by atoms with E-state index >= 15 is 0 Å². The van der Waals surface area contributed by atoms with E-state index in [1.54, 1.807) is 31.4 Å². The van der Waals surface area contributed by atoms with Crippen LogP contribution in [0.1, 0.15) is 12.0 Å². The molecule has 0 radical (unpaired) electrons. The van der Waals surface area contributed by atoms with Crippen LogP contribution in [0.4, 0.5) is 0 Å². The van der Waals surface area contributed by atoms with Crippen LogP contribution in [-0.4, -0.2) is 56.2 Å². The Hall–Kier alpha value is -1.66. The van der Waals surface area contributed by atoms with E-state index in [9.17, 15) is 8.42 Å². The predicted molar refractivity (Wildman–Crippen MR) is 118 cm³/mol. The van der Waals surface area contributed by atoms with Gasteiger partial charge in [0.15, 0.2) is 5.96 Å². The number of nitrogens with zero attached hydrogens (tertiary/aromatic N) is 4. The summed E-state index contributed by atoms with van der Waals surface area (Å²) in [7, 11) is 1.26. The standard InChI is InChI=1S/C17H26N6O2S.HI/c1-18-17(19-10-6-12-23-13-7-11-21-23)20-14-15-8-4-5-9-16(15)26(24,25)22(2)3;/h4-5,7-9,11,13H,6,10,12,14H2,1-3H3,(H2,18,19,20);1H. The second kappa shape index (κ2) is 11.2. The molecule has 2 N–H and O–H groups in total. The highest BCUT2D eigenvalue weighted by Gasteiger charge is 2.20. The van der Waals surface area contributed by atoms with Gasteiger partial charge >= 0.3 is 0 Å². The third kappa shape index (κ3) is 6.78. The summed E-state index contributed by atoms with van der Waals surface area (Å²) in [5.41, 5.74) is 0.695. The van der Waals surface area contributed by atoms with Gasteiger partial charge in [0.25, 0.3) is 0 Å². The number of aliphatic imine (C=N–C) groups is 1. The Balaban J connectivity index is 0.00000364. The summed E-state index contributed by atoms with van der Waals surface area (Å²) in [6.07, 6.45) is 4.58. The first-order valence-electron chi connectivity index (χ1n) is 8.37. The van der Waals surface area contributed by atoms with Gasteiger partial charge in [-0.05, 0) is 24.1 Å². The van der Waals surface area contributed by atoms with Crippen molar-refractivity contribution in [3.8, 4) is 0 Å². The van der Waals surface area contributed by atoms with Gasteiger partial charge in [0.05, 0.1) is 4.90 Å². The van der Waals surface area contributed by atoms with Crippen LogP contribution >= 0.6 is 24.0 Å². The van der Waals surface area contributed by atoms with Crippen LogP contribution < -0.4 is 10.6 Å². The van der Waals surface area contributed by atoms with Gasteiger partial charge in [-0.1, -0.05) is 18.2 Å². The maximum absolute atomic E-state index is 12.4. The molecule has 1 heterocycles. The second-order valence-corrected chi connectivity index (χ2v) is 7.99. The molecule has 0 bridgehead atoms. The molecule has 0 atom stereocenters. The highest BCUT2D eigenvalue weighted by molar-refractivity contribution is 14.0. The fourth-order valence-electron chi connectivity index (χ4n) is 2.38. The lowest BCUT2D eigenvalue weighted by atomic mass is 10.2. The van der Waals surface area contributed by atoms with E-state index in [2.05, 4.69) is 20.7 Å². The van der Waals surface area contributed by atoms with Crippen LogP contribution in [0.15, 0.2) is 52.6 Å². The molecule has 150 valence electrons. The minimum Gasteiger partial charge on any atom is -0.356 e. The number of guanidine groups is 1. The van der Waals surface area contributed by atoms with Crippen molar-refractivity contribution in [2.75, 3.05) is 27.7 Å². The van der Waals surface area contributed by atoms with E-state index < -0.39 is 10.0 Å². The van der Waals surface area contributed by atoms with E-state index in [0.29, 0.717) is 23.0 Å². The SMILES string of the molecule is CN=C(NCCCn1cccn1)NCc1ccccc1S(=O)(=O)N(C)C.I. The van der Waals surface area contributed by atoms with Crippen molar-refractivity contribution < 1.29 is 8.42 Å². The fourth-order valence-corrected chi connectivity index (χ4v) is 3.49. The molecule has 8 nitrogen and oxygen atoms in total. The Morgan fingerprint density at radius 1 is 1.22 bits per heavy atom. The number of aromatic nitrogens is 2. The Bertz CT molecular complexity index is 822. The summed E-state index contributed by atoms with van der Waals surface area (Å²) in [5, 5.41) is 10.5. The summed E-state index contributed by atoms with van der Waals surface area (Å²) in [6.45, 7) is 1.92. The molecule has 0 fully saturated rings. The number of hydrogen-bond acceptors (Lipinski definition) is 4. The lowest BCUT2D eigenvalue weighted by molar-refractivity contribution is 0.519. The molecule has 0 spiro atoms. The lowest BCUT2D eigenvalue weighted by Gasteiger charge is -2.17. The van der Waals surface area contributed by atoms with Crippen LogP contribution in [0.5, 0.6) is 0 Å². The minimum absolute atomic E-state index is 0. The zero-order chi connectivity index (χ0) is 19.0. The monoisotopic (exact) mass is 506 g/mol. The Morgan fingerprint density at radius 3 is 2.59 bits per heavy atom. The van der Waals surface area contributed by atoms with Gasteiger partial charge in [0, 0.05) is 53.2 Å². The molecule has 1 aromatic carbocycles. The van der Waals surface area contributed by atoms with Crippen molar-refractivity contribution in [1.82, 2.24) is 24.7 Å². The molecule has 0 aliphatic rings. The van der Waals surface area contributed by atoms with E-state index in [-0.39, 0.29) is 24.0 Å². The third-order valence-corrected chi connectivity index (χ3v) is 5.73. The number of sulfonamides is 1. The number of halogens is 1. The fraction of sp³-hybridized carbons (Fsp3) is 0.412. The van der Waals surface area contributed by atoms with Gasteiger partial charge in [-0.2, -0.15) is 5.10 Å². The first kappa shape index (κ1) is 23.4. The molecule has 0 amide bonds. The van der Waals surface area contributed by atoms with Crippen LogP contribution in [0.2, 0.25) is 0 Å². The largest absolute Gasteiger partial charge is 0.356 e. The number of hydrogen-bond donors (Lipinski definition) is 2. The summed E-state index contributed by atoms with van der Waals surface area (Å²) >= 11 is 0. The Labute approximate surface area is 178 Å². The average Bonchev–Trinajstić information content (AvgIpc) is 3.14. The number of benzene rings is 1. The first-order chi connectivity index (χ1) is 12.4. The molecule has 0 aliphatic carbocycles.